The number of nitrogens with zero attached hydrogens (tertiary/aromatic N) is 3. The summed E-state index contributed by atoms with van der Waals surface area (Å²) in [5.74, 6) is 1.43. The Hall–Kier alpha value is -1.66. The van der Waals surface area contributed by atoms with Crippen molar-refractivity contribution in [3.05, 3.63) is 18.1 Å². The molecule has 2 fully saturated rings. The summed E-state index contributed by atoms with van der Waals surface area (Å²) >= 11 is 0. The van der Waals surface area contributed by atoms with E-state index in [-0.39, 0.29) is 0 Å². The molecule has 136 valence electrons. The molecular weight excluding hydrogens is 314 g/mol. The number of hydrogen-bond acceptors (Lipinski definition) is 5. The zero-order chi connectivity index (χ0) is 17.2. The minimum Gasteiger partial charge on any atom is -0.381 e. The highest BCUT2D eigenvalue weighted by Gasteiger charge is 2.25. The maximum absolute atomic E-state index is 5.70. The third-order valence-corrected chi connectivity index (χ3v) is 5.87. The zero-order valence-electron chi connectivity index (χ0n) is 15.3. The largest absolute Gasteiger partial charge is 0.381 e. The molecule has 1 saturated carbocycles. The van der Waals surface area contributed by atoms with Gasteiger partial charge in [-0.15, -0.1) is 0 Å². The lowest BCUT2D eigenvalue weighted by atomic mass is 9.90. The van der Waals surface area contributed by atoms with Crippen LogP contribution in [-0.4, -0.2) is 59.2 Å². The molecular formula is C19H29N5O. The summed E-state index contributed by atoms with van der Waals surface area (Å²) in [7, 11) is 4.37. The second-order valence-electron chi connectivity index (χ2n) is 7.72. The number of hydrogen-bond donors (Lipinski definition) is 2. The molecule has 4 rings (SSSR count). The summed E-state index contributed by atoms with van der Waals surface area (Å²) in [5, 5.41) is 4.88. The Morgan fingerprint density at radius 1 is 1.16 bits per heavy atom. The molecule has 1 aliphatic carbocycles. The van der Waals surface area contributed by atoms with E-state index in [0.717, 1.165) is 36.5 Å². The molecule has 6 nitrogen and oxygen atoms in total. The number of anilines is 1. The zero-order valence-corrected chi connectivity index (χ0v) is 15.3. The predicted octanol–water partition coefficient (Wildman–Crippen LogP) is 3.14. The minimum absolute atomic E-state index is 0.443. The van der Waals surface area contributed by atoms with Gasteiger partial charge in [0.05, 0.1) is 12.0 Å². The predicted molar refractivity (Wildman–Crippen MR) is 100 cm³/mol. The number of ether oxygens (including phenoxy) is 1. The Labute approximate surface area is 149 Å². The van der Waals surface area contributed by atoms with Gasteiger partial charge in [0, 0.05) is 30.8 Å². The van der Waals surface area contributed by atoms with Gasteiger partial charge in [0.2, 0.25) is 0 Å². The Balaban J connectivity index is 1.54. The highest BCUT2D eigenvalue weighted by Crippen LogP contribution is 2.34. The van der Waals surface area contributed by atoms with Crippen LogP contribution in [-0.2, 0) is 4.74 Å². The van der Waals surface area contributed by atoms with Gasteiger partial charge >= 0.3 is 0 Å². The molecule has 25 heavy (non-hydrogen) atoms. The molecule has 0 aromatic carbocycles. The van der Waals surface area contributed by atoms with Crippen molar-refractivity contribution in [2.24, 2.45) is 0 Å². The van der Waals surface area contributed by atoms with Crippen LogP contribution in [0.3, 0.4) is 0 Å². The summed E-state index contributed by atoms with van der Waals surface area (Å²) in [4.78, 5) is 14.7. The van der Waals surface area contributed by atoms with Crippen LogP contribution in [0.2, 0.25) is 0 Å². The highest BCUT2D eigenvalue weighted by molar-refractivity contribution is 5.91. The standard InChI is InChI=1S/C19H29N5O/c1-24(2)15-7-5-14(6-8-15)23-19-17-16(13-4-3-9-25-11-13)10-20-18(17)21-12-22-19/h10,12-15H,3-9,11H2,1-2H3,(H2,20,21,22,23). The average molecular weight is 343 g/mol. The van der Waals surface area contributed by atoms with Gasteiger partial charge in [0.25, 0.3) is 0 Å². The maximum Gasteiger partial charge on any atom is 0.143 e. The molecule has 1 saturated heterocycles. The monoisotopic (exact) mass is 343 g/mol. The first-order valence-electron chi connectivity index (χ1n) is 9.55. The fraction of sp³-hybridized carbons (Fsp3) is 0.684. The Bertz CT molecular complexity index is 699. The van der Waals surface area contributed by atoms with Gasteiger partial charge in [-0.2, -0.15) is 0 Å². The molecule has 0 amide bonds. The van der Waals surface area contributed by atoms with Gasteiger partial charge in [0.1, 0.15) is 17.8 Å². The van der Waals surface area contributed by atoms with Gasteiger partial charge < -0.3 is 19.9 Å². The Morgan fingerprint density at radius 2 is 2.00 bits per heavy atom. The van der Waals surface area contributed by atoms with E-state index in [1.807, 2.05) is 0 Å². The van der Waals surface area contributed by atoms with Crippen LogP contribution in [0, 0.1) is 0 Å². The van der Waals surface area contributed by atoms with Crippen LogP contribution in [0.15, 0.2) is 12.5 Å². The van der Waals surface area contributed by atoms with Gasteiger partial charge in [-0.05, 0) is 58.2 Å². The lowest BCUT2D eigenvalue weighted by molar-refractivity contribution is 0.0808. The second-order valence-corrected chi connectivity index (χ2v) is 7.72. The molecule has 1 aliphatic heterocycles. The van der Waals surface area contributed by atoms with Crippen LogP contribution in [0.1, 0.15) is 50.0 Å². The number of H-pyrrole nitrogens is 1. The Kier molecular flexibility index (Phi) is 4.90. The molecule has 6 heteroatoms. The Morgan fingerprint density at radius 3 is 2.72 bits per heavy atom. The van der Waals surface area contributed by atoms with Gasteiger partial charge in [-0.25, -0.2) is 9.97 Å². The van der Waals surface area contributed by atoms with Gasteiger partial charge in [0.15, 0.2) is 0 Å². The molecule has 0 spiro atoms. The molecule has 2 aromatic rings. The molecule has 2 aromatic heterocycles. The lowest BCUT2D eigenvalue weighted by Crippen LogP contribution is -2.36. The van der Waals surface area contributed by atoms with Crippen LogP contribution in [0.25, 0.3) is 11.0 Å². The molecule has 0 radical (unpaired) electrons. The van der Waals surface area contributed by atoms with Crippen molar-refractivity contribution in [1.82, 2.24) is 19.9 Å². The van der Waals surface area contributed by atoms with Crippen molar-refractivity contribution in [2.75, 3.05) is 32.6 Å². The third-order valence-electron chi connectivity index (χ3n) is 5.87. The van der Waals surface area contributed by atoms with E-state index >= 15 is 0 Å². The third kappa shape index (κ3) is 3.51. The number of aromatic amines is 1. The molecule has 2 N–H and O–H groups in total. The summed E-state index contributed by atoms with van der Waals surface area (Å²) in [5.41, 5.74) is 2.24. The van der Waals surface area contributed by atoms with Crippen LogP contribution < -0.4 is 5.32 Å². The van der Waals surface area contributed by atoms with Crippen molar-refractivity contribution in [3.63, 3.8) is 0 Å². The quantitative estimate of drug-likeness (QED) is 0.893. The number of aromatic nitrogens is 3. The van der Waals surface area contributed by atoms with Crippen molar-refractivity contribution < 1.29 is 4.74 Å². The first-order valence-corrected chi connectivity index (χ1v) is 9.55. The average Bonchev–Trinajstić information content (AvgIpc) is 3.08. The van der Waals surface area contributed by atoms with Crippen LogP contribution in [0.4, 0.5) is 5.82 Å². The van der Waals surface area contributed by atoms with Crippen LogP contribution >= 0.6 is 0 Å². The van der Waals surface area contributed by atoms with E-state index in [1.165, 1.54) is 37.7 Å². The first kappa shape index (κ1) is 16.8. The fourth-order valence-electron chi connectivity index (χ4n) is 4.33. The lowest BCUT2D eigenvalue weighted by Gasteiger charge is -2.33. The van der Waals surface area contributed by atoms with Gasteiger partial charge in [-0.1, -0.05) is 0 Å². The second kappa shape index (κ2) is 7.30. The molecule has 3 heterocycles. The topological polar surface area (TPSA) is 66.1 Å². The van der Waals surface area contributed by atoms with Crippen molar-refractivity contribution >= 4 is 16.9 Å². The number of rotatable bonds is 4. The summed E-state index contributed by atoms with van der Waals surface area (Å²) in [6, 6.07) is 1.21. The molecule has 0 bridgehead atoms. The van der Waals surface area contributed by atoms with Gasteiger partial charge in [-0.3, -0.25) is 0 Å². The summed E-state index contributed by atoms with van der Waals surface area (Å²) in [6.45, 7) is 1.69. The molecule has 1 unspecified atom stereocenters. The van der Waals surface area contributed by atoms with Crippen LogP contribution in [0.5, 0.6) is 0 Å². The van der Waals surface area contributed by atoms with Crippen molar-refractivity contribution in [2.45, 2.75) is 56.5 Å². The molecule has 2 aliphatic rings. The van der Waals surface area contributed by atoms with Crippen molar-refractivity contribution in [3.8, 4) is 0 Å². The summed E-state index contributed by atoms with van der Waals surface area (Å²) in [6.07, 6.45) is 10.9. The summed E-state index contributed by atoms with van der Waals surface area (Å²) < 4.78 is 5.70. The van der Waals surface area contributed by atoms with E-state index in [9.17, 15) is 0 Å². The van der Waals surface area contributed by atoms with E-state index in [2.05, 4.69) is 45.5 Å². The van der Waals surface area contributed by atoms with E-state index in [0.29, 0.717) is 18.0 Å². The van der Waals surface area contributed by atoms with Crippen molar-refractivity contribution in [1.29, 1.82) is 0 Å². The van der Waals surface area contributed by atoms with E-state index in [1.54, 1.807) is 6.33 Å². The maximum atomic E-state index is 5.70. The molecule has 1 atom stereocenters. The fourth-order valence-corrected chi connectivity index (χ4v) is 4.33. The van der Waals surface area contributed by atoms with E-state index in [4.69, 9.17) is 4.74 Å². The number of fused-ring (bicyclic) bond motifs is 1. The first-order chi connectivity index (χ1) is 12.2. The minimum atomic E-state index is 0.443. The highest BCUT2D eigenvalue weighted by atomic mass is 16.5. The SMILES string of the molecule is CN(C)C1CCC(Nc2ncnc3[nH]cc(C4CCCOC4)c23)CC1. The number of nitrogens with one attached hydrogen (secondary N) is 2. The van der Waals surface area contributed by atoms with E-state index < -0.39 is 0 Å². The smallest absolute Gasteiger partial charge is 0.143 e. The normalized spacial score (nSPS) is 27.7.